The minimum absolute atomic E-state index is 0.00601. The van der Waals surface area contributed by atoms with Gasteiger partial charge in [0.05, 0.1) is 11.7 Å². The second-order valence-electron chi connectivity index (χ2n) is 5.92. The lowest BCUT2D eigenvalue weighted by Gasteiger charge is -2.30. The summed E-state index contributed by atoms with van der Waals surface area (Å²) in [6.45, 7) is 2.97. The third-order valence-electron chi connectivity index (χ3n) is 4.29. The van der Waals surface area contributed by atoms with Crippen molar-refractivity contribution in [2.45, 2.75) is 32.4 Å². The van der Waals surface area contributed by atoms with Crippen LogP contribution in [0.15, 0.2) is 67.0 Å². The fourth-order valence-electron chi connectivity index (χ4n) is 2.91. The van der Waals surface area contributed by atoms with Gasteiger partial charge in [-0.3, -0.25) is 0 Å². The average Bonchev–Trinajstić information content (AvgIpc) is 2.89. The molecule has 2 aromatic rings. The summed E-state index contributed by atoms with van der Waals surface area (Å²) in [5.74, 6) is 0. The van der Waals surface area contributed by atoms with E-state index in [1.54, 1.807) is 12.1 Å². The van der Waals surface area contributed by atoms with E-state index < -0.39 is 11.7 Å². The van der Waals surface area contributed by atoms with Gasteiger partial charge >= 0.3 is 6.18 Å². The summed E-state index contributed by atoms with van der Waals surface area (Å²) in [5, 5.41) is 0. The van der Waals surface area contributed by atoms with Crippen LogP contribution in [0, 0.1) is 0 Å². The molecule has 2 nitrogen and oxygen atoms in total. The first kappa shape index (κ1) is 16.4. The molecule has 1 aliphatic heterocycles. The Labute approximate surface area is 139 Å². The normalized spacial score (nSPS) is 17.6. The average molecular weight is 332 g/mol. The summed E-state index contributed by atoms with van der Waals surface area (Å²) in [5.41, 5.74) is 0.904. The molecule has 1 atom stereocenters. The van der Waals surface area contributed by atoms with E-state index in [1.165, 1.54) is 11.6 Å². The zero-order chi connectivity index (χ0) is 17.2. The van der Waals surface area contributed by atoms with Crippen LogP contribution in [0.3, 0.4) is 0 Å². The van der Waals surface area contributed by atoms with E-state index in [4.69, 9.17) is 0 Å². The van der Waals surface area contributed by atoms with Crippen LogP contribution in [0.25, 0.3) is 0 Å². The molecular formula is C19H19F3N2. The number of nitrogens with zero attached hydrogens (tertiary/aromatic N) is 2. The van der Waals surface area contributed by atoms with Crippen LogP contribution < -0.4 is 0 Å². The van der Waals surface area contributed by atoms with Crippen LogP contribution in [0.1, 0.15) is 23.6 Å². The van der Waals surface area contributed by atoms with Crippen molar-refractivity contribution in [3.8, 4) is 0 Å². The Bertz CT molecular complexity index is 710. The largest absolute Gasteiger partial charge is 0.416 e. The molecule has 0 N–H and O–H groups in total. The Morgan fingerprint density at radius 2 is 1.42 bits per heavy atom. The van der Waals surface area contributed by atoms with E-state index in [9.17, 15) is 13.2 Å². The Kier molecular flexibility index (Phi) is 4.51. The maximum Gasteiger partial charge on any atom is 0.416 e. The molecule has 24 heavy (non-hydrogen) atoms. The Hall–Kier alpha value is -2.43. The van der Waals surface area contributed by atoms with Gasteiger partial charge in [0.25, 0.3) is 0 Å². The van der Waals surface area contributed by atoms with E-state index in [-0.39, 0.29) is 12.7 Å². The second-order valence-corrected chi connectivity index (χ2v) is 5.92. The molecule has 1 aliphatic rings. The molecule has 3 rings (SSSR count). The molecule has 1 heterocycles. The molecule has 0 saturated heterocycles. The summed E-state index contributed by atoms with van der Waals surface area (Å²) in [7, 11) is 0. The predicted molar refractivity (Wildman–Crippen MR) is 87.6 cm³/mol. The summed E-state index contributed by atoms with van der Waals surface area (Å²) < 4.78 is 39.4. The van der Waals surface area contributed by atoms with Crippen LogP contribution in [0.5, 0.6) is 0 Å². The van der Waals surface area contributed by atoms with E-state index in [2.05, 4.69) is 4.90 Å². The first-order valence-corrected chi connectivity index (χ1v) is 7.84. The first-order chi connectivity index (χ1) is 11.4. The second kappa shape index (κ2) is 6.59. The highest BCUT2D eigenvalue weighted by atomic mass is 19.4. The molecular weight excluding hydrogens is 313 g/mol. The van der Waals surface area contributed by atoms with Crippen molar-refractivity contribution in [1.82, 2.24) is 9.80 Å². The molecule has 0 spiro atoms. The molecule has 2 aromatic carbocycles. The number of hydrogen-bond acceptors (Lipinski definition) is 2. The molecule has 0 radical (unpaired) electrons. The quantitative estimate of drug-likeness (QED) is 0.790. The molecule has 0 aliphatic carbocycles. The van der Waals surface area contributed by atoms with Crippen molar-refractivity contribution in [2.75, 3.05) is 0 Å². The van der Waals surface area contributed by atoms with Gasteiger partial charge in [0.15, 0.2) is 0 Å². The molecule has 0 saturated carbocycles. The van der Waals surface area contributed by atoms with Crippen LogP contribution in [0.2, 0.25) is 0 Å². The van der Waals surface area contributed by atoms with Crippen molar-refractivity contribution in [1.29, 1.82) is 0 Å². The summed E-state index contributed by atoms with van der Waals surface area (Å²) in [4.78, 5) is 4.04. The van der Waals surface area contributed by atoms with Crippen LogP contribution in [-0.2, 0) is 19.3 Å². The third-order valence-corrected chi connectivity index (χ3v) is 4.29. The van der Waals surface area contributed by atoms with Gasteiger partial charge in [-0.1, -0.05) is 48.5 Å². The van der Waals surface area contributed by atoms with E-state index in [0.717, 1.165) is 12.6 Å². The maximum absolute atomic E-state index is 13.1. The number of alkyl halides is 3. The van der Waals surface area contributed by atoms with Gasteiger partial charge in [0.2, 0.25) is 0 Å². The lowest BCUT2D eigenvalue weighted by Crippen LogP contribution is -2.35. The van der Waals surface area contributed by atoms with Gasteiger partial charge in [0.1, 0.15) is 0 Å². The van der Waals surface area contributed by atoms with Crippen LogP contribution in [0.4, 0.5) is 13.2 Å². The van der Waals surface area contributed by atoms with E-state index in [0.29, 0.717) is 5.56 Å². The fraction of sp³-hybridized carbons (Fsp3) is 0.263. The number of hydrogen-bond donors (Lipinski definition) is 0. The third kappa shape index (κ3) is 3.55. The predicted octanol–water partition coefficient (Wildman–Crippen LogP) is 4.84. The molecule has 0 aromatic heterocycles. The first-order valence-electron chi connectivity index (χ1n) is 7.84. The van der Waals surface area contributed by atoms with Crippen molar-refractivity contribution in [2.24, 2.45) is 0 Å². The van der Waals surface area contributed by atoms with E-state index in [1.807, 2.05) is 54.6 Å². The van der Waals surface area contributed by atoms with Gasteiger partial charge in [-0.15, -0.1) is 0 Å². The lowest BCUT2D eigenvalue weighted by molar-refractivity contribution is -0.138. The Morgan fingerprint density at radius 1 is 0.833 bits per heavy atom. The van der Waals surface area contributed by atoms with Crippen LogP contribution in [-0.4, -0.2) is 16.0 Å². The molecule has 1 unspecified atom stereocenters. The molecule has 126 valence electrons. The zero-order valence-electron chi connectivity index (χ0n) is 13.4. The monoisotopic (exact) mass is 332 g/mol. The highest BCUT2D eigenvalue weighted by molar-refractivity contribution is 5.30. The van der Waals surface area contributed by atoms with Crippen molar-refractivity contribution >= 4 is 0 Å². The fourth-order valence-corrected chi connectivity index (χ4v) is 2.91. The number of rotatable bonds is 4. The maximum atomic E-state index is 13.1. The van der Waals surface area contributed by atoms with Gasteiger partial charge in [-0.25, -0.2) is 0 Å². The highest BCUT2D eigenvalue weighted by Gasteiger charge is 2.34. The molecule has 0 bridgehead atoms. The van der Waals surface area contributed by atoms with Gasteiger partial charge in [0, 0.05) is 25.5 Å². The molecule has 5 heteroatoms. The summed E-state index contributed by atoms with van der Waals surface area (Å²) >= 11 is 0. The number of halogens is 3. The Morgan fingerprint density at radius 3 is 2.08 bits per heavy atom. The molecule has 0 fully saturated rings. The Balaban J connectivity index is 1.71. The SMILES string of the molecule is CC1N(Cc2ccccc2)C=CN1Cc1ccccc1C(F)(F)F. The van der Waals surface area contributed by atoms with Crippen molar-refractivity contribution in [3.05, 3.63) is 83.7 Å². The summed E-state index contributed by atoms with van der Waals surface area (Å²) in [6.07, 6.45) is -0.520. The minimum Gasteiger partial charge on any atom is -0.352 e. The zero-order valence-corrected chi connectivity index (χ0v) is 13.4. The number of benzene rings is 2. The summed E-state index contributed by atoms with van der Waals surface area (Å²) in [6, 6.07) is 15.8. The standard InChI is InChI=1S/C19H19F3N2/c1-15-23(13-16-7-3-2-4-8-16)11-12-24(15)14-17-9-5-6-10-18(17)19(20,21)22/h2-12,15H,13-14H2,1H3. The highest BCUT2D eigenvalue weighted by Crippen LogP contribution is 2.33. The van der Waals surface area contributed by atoms with Crippen LogP contribution >= 0.6 is 0 Å². The van der Waals surface area contributed by atoms with Crippen molar-refractivity contribution in [3.63, 3.8) is 0 Å². The topological polar surface area (TPSA) is 6.48 Å². The van der Waals surface area contributed by atoms with E-state index >= 15 is 0 Å². The van der Waals surface area contributed by atoms with Gasteiger partial charge in [-0.05, 0) is 24.1 Å². The smallest absolute Gasteiger partial charge is 0.352 e. The van der Waals surface area contributed by atoms with Gasteiger partial charge in [-0.2, -0.15) is 13.2 Å². The lowest BCUT2D eigenvalue weighted by atomic mass is 10.1. The van der Waals surface area contributed by atoms with Gasteiger partial charge < -0.3 is 9.80 Å². The minimum atomic E-state index is -4.33. The molecule has 0 amide bonds. The van der Waals surface area contributed by atoms with Crippen molar-refractivity contribution < 1.29 is 13.2 Å².